The summed E-state index contributed by atoms with van der Waals surface area (Å²) in [5, 5.41) is 3.45. The summed E-state index contributed by atoms with van der Waals surface area (Å²) in [6.45, 7) is 8.57. The van der Waals surface area contributed by atoms with Gasteiger partial charge in [-0.1, -0.05) is 25.1 Å². The van der Waals surface area contributed by atoms with Crippen LogP contribution >= 0.6 is 0 Å². The van der Waals surface area contributed by atoms with Gasteiger partial charge in [-0.05, 0) is 32.0 Å². The van der Waals surface area contributed by atoms with E-state index in [-0.39, 0.29) is 0 Å². The number of nitrogens with zero attached hydrogens (tertiary/aromatic N) is 1. The van der Waals surface area contributed by atoms with Gasteiger partial charge < -0.3 is 10.2 Å². The molecule has 0 amide bonds. The number of rotatable bonds is 5. The van der Waals surface area contributed by atoms with Gasteiger partial charge in [0.25, 0.3) is 0 Å². The predicted molar refractivity (Wildman–Crippen MR) is 67.5 cm³/mol. The molecule has 0 spiro atoms. The highest BCUT2D eigenvalue weighted by molar-refractivity contribution is 5.54. The van der Waals surface area contributed by atoms with Crippen LogP contribution in [0.25, 0.3) is 0 Å². The third kappa shape index (κ3) is 2.96. The van der Waals surface area contributed by atoms with E-state index < -0.39 is 0 Å². The maximum Gasteiger partial charge on any atom is 0.0411 e. The monoisotopic (exact) mass is 206 g/mol. The standard InChI is InChI=1S/C13H22N2/c1-5-14-11(3)12-9-7-8-10-13(12)15(4)6-2/h7-11,14H,5-6H2,1-4H3. The third-order valence-corrected chi connectivity index (χ3v) is 2.80. The first kappa shape index (κ1) is 12.1. The lowest BCUT2D eigenvalue weighted by Crippen LogP contribution is -2.23. The summed E-state index contributed by atoms with van der Waals surface area (Å²) in [5.41, 5.74) is 2.71. The fourth-order valence-corrected chi connectivity index (χ4v) is 1.79. The van der Waals surface area contributed by atoms with Gasteiger partial charge in [0, 0.05) is 25.3 Å². The van der Waals surface area contributed by atoms with E-state index in [4.69, 9.17) is 0 Å². The molecule has 0 aliphatic rings. The first-order valence-electron chi connectivity index (χ1n) is 5.74. The Balaban J connectivity index is 2.95. The van der Waals surface area contributed by atoms with E-state index in [1.807, 2.05) is 0 Å². The summed E-state index contributed by atoms with van der Waals surface area (Å²) in [6, 6.07) is 9.02. The number of anilines is 1. The van der Waals surface area contributed by atoms with Gasteiger partial charge in [-0.3, -0.25) is 0 Å². The first-order chi connectivity index (χ1) is 7.20. The Labute approximate surface area is 93.3 Å². The Kier molecular flexibility index (Phi) is 4.63. The highest BCUT2D eigenvalue weighted by Crippen LogP contribution is 2.24. The number of hydrogen-bond acceptors (Lipinski definition) is 2. The minimum absolute atomic E-state index is 0.417. The summed E-state index contributed by atoms with van der Waals surface area (Å²) in [5.74, 6) is 0. The zero-order chi connectivity index (χ0) is 11.3. The van der Waals surface area contributed by atoms with Crippen LogP contribution in [0.2, 0.25) is 0 Å². The lowest BCUT2D eigenvalue weighted by Gasteiger charge is -2.24. The number of para-hydroxylation sites is 1. The van der Waals surface area contributed by atoms with E-state index in [1.54, 1.807) is 0 Å². The maximum absolute atomic E-state index is 3.45. The smallest absolute Gasteiger partial charge is 0.0411 e. The number of hydrogen-bond donors (Lipinski definition) is 1. The summed E-state index contributed by atoms with van der Waals surface area (Å²) in [7, 11) is 2.14. The van der Waals surface area contributed by atoms with Crippen LogP contribution in [0.3, 0.4) is 0 Å². The molecule has 0 bridgehead atoms. The molecule has 2 heteroatoms. The Bertz CT molecular complexity index is 296. The van der Waals surface area contributed by atoms with E-state index in [0.717, 1.165) is 13.1 Å². The van der Waals surface area contributed by atoms with Crippen molar-refractivity contribution in [1.82, 2.24) is 5.32 Å². The molecule has 1 unspecified atom stereocenters. The molecule has 0 aliphatic carbocycles. The van der Waals surface area contributed by atoms with Crippen LogP contribution in [0.5, 0.6) is 0 Å². The van der Waals surface area contributed by atoms with Crippen LogP contribution in [0, 0.1) is 0 Å². The second kappa shape index (κ2) is 5.76. The van der Waals surface area contributed by atoms with E-state index in [9.17, 15) is 0 Å². The van der Waals surface area contributed by atoms with E-state index in [0.29, 0.717) is 6.04 Å². The van der Waals surface area contributed by atoms with Crippen LogP contribution in [0.1, 0.15) is 32.4 Å². The quantitative estimate of drug-likeness (QED) is 0.797. The Morgan fingerprint density at radius 1 is 1.27 bits per heavy atom. The Hall–Kier alpha value is -1.02. The SMILES string of the molecule is CCNC(C)c1ccccc1N(C)CC. The Morgan fingerprint density at radius 2 is 1.93 bits per heavy atom. The molecular weight excluding hydrogens is 184 g/mol. The predicted octanol–water partition coefficient (Wildman–Crippen LogP) is 2.81. The van der Waals surface area contributed by atoms with Gasteiger partial charge in [-0.15, -0.1) is 0 Å². The van der Waals surface area contributed by atoms with Crippen molar-refractivity contribution in [3.63, 3.8) is 0 Å². The third-order valence-electron chi connectivity index (χ3n) is 2.80. The van der Waals surface area contributed by atoms with Crippen molar-refractivity contribution in [2.24, 2.45) is 0 Å². The van der Waals surface area contributed by atoms with Gasteiger partial charge in [0.2, 0.25) is 0 Å². The molecular formula is C13H22N2. The van der Waals surface area contributed by atoms with Crippen molar-refractivity contribution in [2.45, 2.75) is 26.8 Å². The Morgan fingerprint density at radius 3 is 2.53 bits per heavy atom. The van der Waals surface area contributed by atoms with Crippen molar-refractivity contribution in [1.29, 1.82) is 0 Å². The molecule has 84 valence electrons. The molecule has 1 atom stereocenters. The summed E-state index contributed by atoms with van der Waals surface area (Å²) in [4.78, 5) is 2.28. The lowest BCUT2D eigenvalue weighted by atomic mass is 10.1. The van der Waals surface area contributed by atoms with Gasteiger partial charge in [-0.2, -0.15) is 0 Å². The zero-order valence-electron chi connectivity index (χ0n) is 10.2. The van der Waals surface area contributed by atoms with Crippen molar-refractivity contribution in [2.75, 3.05) is 25.0 Å². The average molecular weight is 206 g/mol. The fraction of sp³-hybridized carbons (Fsp3) is 0.538. The molecule has 1 N–H and O–H groups in total. The highest BCUT2D eigenvalue weighted by atomic mass is 15.1. The zero-order valence-corrected chi connectivity index (χ0v) is 10.2. The van der Waals surface area contributed by atoms with E-state index >= 15 is 0 Å². The molecule has 1 rings (SSSR count). The molecule has 0 fully saturated rings. The molecule has 15 heavy (non-hydrogen) atoms. The average Bonchev–Trinajstić information content (AvgIpc) is 2.28. The van der Waals surface area contributed by atoms with Crippen molar-refractivity contribution < 1.29 is 0 Å². The van der Waals surface area contributed by atoms with Crippen LogP contribution in [-0.4, -0.2) is 20.1 Å². The minimum Gasteiger partial charge on any atom is -0.375 e. The van der Waals surface area contributed by atoms with E-state index in [2.05, 4.69) is 62.3 Å². The largest absolute Gasteiger partial charge is 0.375 e. The van der Waals surface area contributed by atoms with Crippen molar-refractivity contribution in [3.05, 3.63) is 29.8 Å². The lowest BCUT2D eigenvalue weighted by molar-refractivity contribution is 0.597. The van der Waals surface area contributed by atoms with Crippen LogP contribution in [0.4, 0.5) is 5.69 Å². The molecule has 0 saturated carbocycles. The van der Waals surface area contributed by atoms with Crippen LogP contribution < -0.4 is 10.2 Å². The van der Waals surface area contributed by atoms with E-state index in [1.165, 1.54) is 11.3 Å². The minimum atomic E-state index is 0.417. The molecule has 1 aromatic carbocycles. The van der Waals surface area contributed by atoms with Crippen molar-refractivity contribution >= 4 is 5.69 Å². The molecule has 0 saturated heterocycles. The van der Waals surface area contributed by atoms with Gasteiger partial charge in [-0.25, -0.2) is 0 Å². The topological polar surface area (TPSA) is 15.3 Å². The first-order valence-corrected chi connectivity index (χ1v) is 5.74. The van der Waals surface area contributed by atoms with Gasteiger partial charge >= 0.3 is 0 Å². The second-order valence-electron chi connectivity index (χ2n) is 3.85. The van der Waals surface area contributed by atoms with Gasteiger partial charge in [0.05, 0.1) is 0 Å². The van der Waals surface area contributed by atoms with Crippen LogP contribution in [-0.2, 0) is 0 Å². The molecule has 0 aliphatic heterocycles. The van der Waals surface area contributed by atoms with Crippen LogP contribution in [0.15, 0.2) is 24.3 Å². The number of benzene rings is 1. The van der Waals surface area contributed by atoms with Gasteiger partial charge in [0.1, 0.15) is 0 Å². The summed E-state index contributed by atoms with van der Waals surface area (Å²) >= 11 is 0. The maximum atomic E-state index is 3.45. The fourth-order valence-electron chi connectivity index (χ4n) is 1.79. The molecule has 0 radical (unpaired) electrons. The molecule has 0 aromatic heterocycles. The molecule has 0 heterocycles. The normalized spacial score (nSPS) is 12.5. The summed E-state index contributed by atoms with van der Waals surface area (Å²) < 4.78 is 0. The van der Waals surface area contributed by atoms with Crippen molar-refractivity contribution in [3.8, 4) is 0 Å². The molecule has 2 nitrogen and oxygen atoms in total. The summed E-state index contributed by atoms with van der Waals surface area (Å²) in [6.07, 6.45) is 0. The van der Waals surface area contributed by atoms with Gasteiger partial charge in [0.15, 0.2) is 0 Å². The number of nitrogens with one attached hydrogen (secondary N) is 1. The second-order valence-corrected chi connectivity index (χ2v) is 3.85. The highest BCUT2D eigenvalue weighted by Gasteiger charge is 2.10. The molecule has 1 aromatic rings.